The molecule has 1 unspecified atom stereocenters. The van der Waals surface area contributed by atoms with E-state index in [0.29, 0.717) is 5.75 Å². The van der Waals surface area contributed by atoms with E-state index in [4.69, 9.17) is 10.4 Å². The second kappa shape index (κ2) is 4.59. The summed E-state index contributed by atoms with van der Waals surface area (Å²) in [7, 11) is 0. The molecule has 0 aliphatic carbocycles. The largest absolute Gasteiger partial charge is 0.375 e. The summed E-state index contributed by atoms with van der Waals surface area (Å²) in [6, 6.07) is 1.83. The van der Waals surface area contributed by atoms with Crippen LogP contribution in [0.3, 0.4) is 0 Å². The predicted octanol–water partition coefficient (Wildman–Crippen LogP) is 1.40. The van der Waals surface area contributed by atoms with Crippen molar-refractivity contribution in [2.75, 3.05) is 11.5 Å². The van der Waals surface area contributed by atoms with E-state index < -0.39 is 5.60 Å². The van der Waals surface area contributed by atoms with Crippen molar-refractivity contribution in [2.45, 2.75) is 25.9 Å². The van der Waals surface area contributed by atoms with Crippen molar-refractivity contribution in [3.63, 3.8) is 0 Å². The summed E-state index contributed by atoms with van der Waals surface area (Å²) in [4.78, 5) is 0. The molecule has 0 fully saturated rings. The highest BCUT2D eigenvalue weighted by molar-refractivity contribution is 7.99. The van der Waals surface area contributed by atoms with Gasteiger partial charge in [-0.2, -0.15) is 17.0 Å². The minimum Gasteiger partial charge on any atom is -0.375 e. The average molecular weight is 159 g/mol. The summed E-state index contributed by atoms with van der Waals surface area (Å²) in [6.45, 7) is 3.61. The molecule has 10 heavy (non-hydrogen) atoms. The molecule has 2 nitrogen and oxygen atoms in total. The summed E-state index contributed by atoms with van der Waals surface area (Å²) in [5.74, 6) is 1.52. The monoisotopic (exact) mass is 159 g/mol. The van der Waals surface area contributed by atoms with Crippen LogP contribution in [0, 0.1) is 11.3 Å². The van der Waals surface area contributed by atoms with Crippen molar-refractivity contribution in [3.8, 4) is 6.07 Å². The number of rotatable bonds is 4. The number of aliphatic hydroxyl groups is 1. The third-order valence-corrected chi connectivity index (χ3v) is 2.44. The maximum atomic E-state index is 9.17. The zero-order valence-corrected chi connectivity index (χ0v) is 7.24. The molecule has 0 saturated heterocycles. The molecule has 0 amide bonds. The number of nitriles is 1. The van der Waals surface area contributed by atoms with E-state index >= 15 is 0 Å². The highest BCUT2D eigenvalue weighted by atomic mass is 32.2. The van der Waals surface area contributed by atoms with Gasteiger partial charge in [0.25, 0.3) is 0 Å². The van der Waals surface area contributed by atoms with Gasteiger partial charge in [0.15, 0.2) is 5.60 Å². The lowest BCUT2D eigenvalue weighted by atomic mass is 10.2. The predicted molar refractivity (Wildman–Crippen MR) is 43.9 cm³/mol. The van der Waals surface area contributed by atoms with Crippen LogP contribution in [0.2, 0.25) is 0 Å². The van der Waals surface area contributed by atoms with E-state index in [-0.39, 0.29) is 0 Å². The maximum absolute atomic E-state index is 9.17. The molecule has 0 aromatic carbocycles. The van der Waals surface area contributed by atoms with Crippen molar-refractivity contribution in [1.82, 2.24) is 0 Å². The Bertz CT molecular complexity index is 128. The molecule has 1 N–H and O–H groups in total. The van der Waals surface area contributed by atoms with Gasteiger partial charge in [0, 0.05) is 5.75 Å². The summed E-state index contributed by atoms with van der Waals surface area (Å²) in [5.41, 5.74) is -1.14. The molecule has 0 rings (SSSR count). The lowest BCUT2D eigenvalue weighted by Gasteiger charge is -2.11. The van der Waals surface area contributed by atoms with Gasteiger partial charge in [0.05, 0.1) is 6.07 Å². The van der Waals surface area contributed by atoms with Gasteiger partial charge in [-0.15, -0.1) is 0 Å². The molecule has 3 heteroatoms. The van der Waals surface area contributed by atoms with Crippen molar-refractivity contribution in [1.29, 1.82) is 5.26 Å². The zero-order chi connectivity index (χ0) is 8.04. The van der Waals surface area contributed by atoms with Gasteiger partial charge in [-0.1, -0.05) is 6.92 Å². The highest BCUT2D eigenvalue weighted by Gasteiger charge is 2.17. The van der Waals surface area contributed by atoms with E-state index in [2.05, 4.69) is 6.92 Å². The van der Waals surface area contributed by atoms with Gasteiger partial charge >= 0.3 is 0 Å². The minimum atomic E-state index is -1.14. The van der Waals surface area contributed by atoms with Crippen LogP contribution < -0.4 is 0 Å². The van der Waals surface area contributed by atoms with Crippen LogP contribution in [0.4, 0.5) is 0 Å². The number of hydrogen-bond acceptors (Lipinski definition) is 3. The van der Waals surface area contributed by atoms with Crippen LogP contribution in [-0.2, 0) is 0 Å². The first-order valence-electron chi connectivity index (χ1n) is 3.34. The normalized spacial score (nSPS) is 15.8. The molecule has 0 aromatic heterocycles. The van der Waals surface area contributed by atoms with E-state index in [1.807, 2.05) is 6.07 Å². The molecule has 0 aliphatic rings. The van der Waals surface area contributed by atoms with Crippen LogP contribution >= 0.6 is 11.8 Å². The number of hydrogen-bond donors (Lipinski definition) is 1. The number of thioether (sulfide) groups is 1. The molecule has 1 atom stereocenters. The Hall–Kier alpha value is -0.200. The van der Waals surface area contributed by atoms with Crippen LogP contribution in [-0.4, -0.2) is 22.2 Å². The molecular weight excluding hydrogens is 146 g/mol. The Balaban J connectivity index is 3.40. The lowest BCUT2D eigenvalue weighted by Crippen LogP contribution is -2.24. The summed E-state index contributed by atoms with van der Waals surface area (Å²) in [6.07, 6.45) is 1.09. The molecule has 0 aliphatic heterocycles. The van der Waals surface area contributed by atoms with Crippen molar-refractivity contribution in [3.05, 3.63) is 0 Å². The lowest BCUT2D eigenvalue weighted by molar-refractivity contribution is 0.146. The molecule has 0 saturated carbocycles. The summed E-state index contributed by atoms with van der Waals surface area (Å²) >= 11 is 1.61. The van der Waals surface area contributed by atoms with Gasteiger partial charge in [-0.05, 0) is 19.1 Å². The topological polar surface area (TPSA) is 44.0 Å². The first-order valence-corrected chi connectivity index (χ1v) is 4.49. The van der Waals surface area contributed by atoms with Gasteiger partial charge in [-0.3, -0.25) is 0 Å². The van der Waals surface area contributed by atoms with Crippen LogP contribution in [0.5, 0.6) is 0 Å². The van der Waals surface area contributed by atoms with Gasteiger partial charge in [0.1, 0.15) is 0 Å². The maximum Gasteiger partial charge on any atom is 0.157 e. The highest BCUT2D eigenvalue weighted by Crippen LogP contribution is 2.12. The van der Waals surface area contributed by atoms with Crippen LogP contribution in [0.15, 0.2) is 0 Å². The Morgan fingerprint density at radius 1 is 1.70 bits per heavy atom. The second-order valence-corrected chi connectivity index (χ2v) is 3.54. The standard InChI is InChI=1S/C7H13NOS/c1-3-4-10-6-7(2,9)5-8/h9H,3-4,6H2,1-2H3. The second-order valence-electron chi connectivity index (χ2n) is 2.44. The first-order chi connectivity index (χ1) is 4.62. The van der Waals surface area contributed by atoms with E-state index in [1.54, 1.807) is 11.8 Å². The quantitative estimate of drug-likeness (QED) is 0.498. The summed E-state index contributed by atoms with van der Waals surface area (Å²) < 4.78 is 0. The van der Waals surface area contributed by atoms with Crippen molar-refractivity contribution in [2.24, 2.45) is 0 Å². The Morgan fingerprint density at radius 3 is 2.70 bits per heavy atom. The van der Waals surface area contributed by atoms with Gasteiger partial charge in [0.2, 0.25) is 0 Å². The number of nitrogens with zero attached hydrogens (tertiary/aromatic N) is 1. The van der Waals surface area contributed by atoms with Crippen molar-refractivity contribution >= 4 is 11.8 Å². The Labute approximate surface area is 66.2 Å². The zero-order valence-electron chi connectivity index (χ0n) is 6.42. The fourth-order valence-electron chi connectivity index (χ4n) is 0.448. The molecule has 0 radical (unpaired) electrons. The first kappa shape index (κ1) is 9.80. The van der Waals surface area contributed by atoms with Crippen LogP contribution in [0.1, 0.15) is 20.3 Å². The van der Waals surface area contributed by atoms with Crippen LogP contribution in [0.25, 0.3) is 0 Å². The average Bonchev–Trinajstić information content (AvgIpc) is 1.89. The fourth-order valence-corrected chi connectivity index (χ4v) is 1.34. The van der Waals surface area contributed by atoms with Gasteiger partial charge < -0.3 is 5.11 Å². The molecule has 0 aromatic rings. The molecular formula is C7H13NOS. The third kappa shape index (κ3) is 4.66. The van der Waals surface area contributed by atoms with Crippen molar-refractivity contribution < 1.29 is 5.11 Å². The molecule has 58 valence electrons. The molecule has 0 heterocycles. The van der Waals surface area contributed by atoms with E-state index in [1.165, 1.54) is 6.92 Å². The fraction of sp³-hybridized carbons (Fsp3) is 0.857. The molecule has 0 spiro atoms. The van der Waals surface area contributed by atoms with E-state index in [0.717, 1.165) is 12.2 Å². The Morgan fingerprint density at radius 2 is 2.30 bits per heavy atom. The summed E-state index contributed by atoms with van der Waals surface area (Å²) in [5, 5.41) is 17.5. The van der Waals surface area contributed by atoms with E-state index in [9.17, 15) is 0 Å². The third-order valence-electron chi connectivity index (χ3n) is 0.972. The molecule has 0 bridgehead atoms. The SMILES string of the molecule is CCCSCC(C)(O)C#N. The minimum absolute atomic E-state index is 0.511. The Kier molecular flexibility index (Phi) is 4.50. The smallest absolute Gasteiger partial charge is 0.157 e. The van der Waals surface area contributed by atoms with Gasteiger partial charge in [-0.25, -0.2) is 0 Å².